The van der Waals surface area contributed by atoms with Crippen LogP contribution < -0.4 is 5.32 Å². The van der Waals surface area contributed by atoms with Crippen LogP contribution in [0.15, 0.2) is 24.8 Å². The van der Waals surface area contributed by atoms with E-state index in [2.05, 4.69) is 20.5 Å². The largest absolute Gasteiger partial charge is 0.323 e. The molecule has 0 aliphatic heterocycles. The molecule has 7 rings (SSSR count). The summed E-state index contributed by atoms with van der Waals surface area (Å²) in [6.45, 7) is -0.462. The number of nitrogens with one attached hydrogen (secondary N) is 1. The molecule has 12 heteroatoms. The fourth-order valence-electron chi connectivity index (χ4n) is 6.91. The molecule has 2 unspecified atom stereocenters. The zero-order valence-corrected chi connectivity index (χ0v) is 19.2. The first kappa shape index (κ1) is 22.5. The van der Waals surface area contributed by atoms with Gasteiger partial charge in [0.05, 0.1) is 29.4 Å². The summed E-state index contributed by atoms with van der Waals surface area (Å²) in [5.74, 6) is -5.50. The number of hydrogen-bond donors (Lipinski definition) is 1. The summed E-state index contributed by atoms with van der Waals surface area (Å²) in [7, 11) is 0. The molecule has 4 aliphatic carbocycles. The highest BCUT2D eigenvalue weighted by Crippen LogP contribution is 2.64. The van der Waals surface area contributed by atoms with Crippen molar-refractivity contribution in [3.8, 4) is 0 Å². The van der Waals surface area contributed by atoms with Crippen molar-refractivity contribution in [3.63, 3.8) is 0 Å². The normalized spacial score (nSPS) is 29.1. The Morgan fingerprint density at radius 3 is 2.54 bits per heavy atom. The van der Waals surface area contributed by atoms with Crippen molar-refractivity contribution in [3.05, 3.63) is 58.9 Å². The highest BCUT2D eigenvalue weighted by Gasteiger charge is 2.61. The maximum absolute atomic E-state index is 14.0. The van der Waals surface area contributed by atoms with Crippen LogP contribution in [0.25, 0.3) is 0 Å². The van der Waals surface area contributed by atoms with Crippen LogP contribution in [-0.4, -0.2) is 30.5 Å². The van der Waals surface area contributed by atoms with Crippen molar-refractivity contribution in [2.24, 2.45) is 17.3 Å². The first-order chi connectivity index (χ1) is 16.7. The molecule has 0 radical (unpaired) electrons. The molecule has 4 aliphatic rings. The first-order valence-electron chi connectivity index (χ1n) is 11.4. The minimum absolute atomic E-state index is 0.132. The number of carbonyl (C=O) groups is 1. The lowest BCUT2D eigenvalue weighted by atomic mass is 9.46. The van der Waals surface area contributed by atoms with Crippen molar-refractivity contribution in [2.45, 2.75) is 50.6 Å². The summed E-state index contributed by atoms with van der Waals surface area (Å²) in [6, 6.07) is 0.297. The number of anilines is 1. The topological polar surface area (TPSA) is 77.6 Å². The Hall–Kier alpha value is -2.95. The van der Waals surface area contributed by atoms with Gasteiger partial charge in [-0.2, -0.15) is 5.10 Å². The number of benzene rings is 1. The molecule has 2 aromatic heterocycles. The number of hydrogen-bond acceptors (Lipinski definition) is 4. The molecule has 0 spiro atoms. The second kappa shape index (κ2) is 7.78. The van der Waals surface area contributed by atoms with Crippen LogP contribution in [-0.2, 0) is 16.9 Å². The molecule has 2 heterocycles. The predicted octanol–water partition coefficient (Wildman–Crippen LogP) is 4.67. The standard InChI is InChI=1S/C23H21ClF4N6O/c24-21-29-11-34(32-21)23-5-12-1-13(6-23)4-22(3-12,10-23)20(35)31-14-7-30-33(8-14)9-15-16(25)2-17(26)19(28)18(15)27/h2,7-8,11-13H,1,3-6,9-10H2,(H,31,35). The molecule has 2 atom stereocenters. The average molecular weight is 509 g/mol. The number of amides is 1. The highest BCUT2D eigenvalue weighted by molar-refractivity contribution is 6.28. The Labute approximate surface area is 202 Å². The summed E-state index contributed by atoms with van der Waals surface area (Å²) in [4.78, 5) is 17.6. The monoisotopic (exact) mass is 508 g/mol. The van der Waals surface area contributed by atoms with Gasteiger partial charge in [0, 0.05) is 17.8 Å². The number of halogens is 5. The molecule has 35 heavy (non-hydrogen) atoms. The van der Waals surface area contributed by atoms with Crippen molar-refractivity contribution in [1.29, 1.82) is 0 Å². The van der Waals surface area contributed by atoms with E-state index in [1.165, 1.54) is 12.4 Å². The van der Waals surface area contributed by atoms with Gasteiger partial charge in [-0.15, -0.1) is 5.10 Å². The second-order valence-corrected chi connectivity index (χ2v) is 10.6. The number of carbonyl (C=O) groups excluding carboxylic acids is 1. The van der Waals surface area contributed by atoms with Crippen LogP contribution in [0.5, 0.6) is 0 Å². The molecule has 4 saturated carbocycles. The Balaban J connectivity index is 1.22. The van der Waals surface area contributed by atoms with Crippen molar-refractivity contribution in [2.75, 3.05) is 5.32 Å². The van der Waals surface area contributed by atoms with Crippen LogP contribution in [0.1, 0.15) is 44.1 Å². The summed E-state index contributed by atoms with van der Waals surface area (Å²) in [6.07, 6.45) is 9.54. The Kier molecular flexibility index (Phi) is 5.00. The number of aromatic nitrogens is 5. The van der Waals surface area contributed by atoms with Crippen LogP contribution in [0.2, 0.25) is 5.28 Å². The average Bonchev–Trinajstić information content (AvgIpc) is 3.43. The minimum atomic E-state index is -1.74. The van der Waals surface area contributed by atoms with Crippen molar-refractivity contribution < 1.29 is 22.4 Å². The third kappa shape index (κ3) is 3.62. The lowest BCUT2D eigenvalue weighted by Crippen LogP contribution is -2.60. The molecule has 1 N–H and O–H groups in total. The third-order valence-electron chi connectivity index (χ3n) is 7.88. The van der Waals surface area contributed by atoms with Crippen LogP contribution in [0, 0.1) is 40.5 Å². The molecule has 1 amide bonds. The Morgan fingerprint density at radius 2 is 1.86 bits per heavy atom. The maximum Gasteiger partial charge on any atom is 0.242 e. The molecular weight excluding hydrogens is 488 g/mol. The van der Waals surface area contributed by atoms with Crippen LogP contribution in [0.4, 0.5) is 23.2 Å². The first-order valence-corrected chi connectivity index (χ1v) is 11.8. The van der Waals surface area contributed by atoms with Gasteiger partial charge in [-0.25, -0.2) is 27.2 Å². The van der Waals surface area contributed by atoms with Gasteiger partial charge < -0.3 is 5.32 Å². The lowest BCUT2D eigenvalue weighted by Gasteiger charge is -2.60. The zero-order chi connectivity index (χ0) is 24.5. The van der Waals surface area contributed by atoms with Gasteiger partial charge in [0.2, 0.25) is 11.2 Å². The molecule has 4 fully saturated rings. The minimum Gasteiger partial charge on any atom is -0.323 e. The second-order valence-electron chi connectivity index (χ2n) is 10.3. The molecule has 3 aromatic rings. The van der Waals surface area contributed by atoms with E-state index in [0.717, 1.165) is 36.8 Å². The van der Waals surface area contributed by atoms with E-state index in [4.69, 9.17) is 11.6 Å². The molecule has 1 aromatic carbocycles. The summed E-state index contributed by atoms with van der Waals surface area (Å²) in [5, 5.41) is 11.5. The van der Waals surface area contributed by atoms with E-state index in [1.807, 2.05) is 4.68 Å². The van der Waals surface area contributed by atoms with E-state index in [9.17, 15) is 22.4 Å². The third-order valence-corrected chi connectivity index (χ3v) is 8.06. The van der Waals surface area contributed by atoms with E-state index in [1.54, 1.807) is 6.33 Å². The molecule has 7 nitrogen and oxygen atoms in total. The van der Waals surface area contributed by atoms with E-state index in [0.29, 0.717) is 30.0 Å². The van der Waals surface area contributed by atoms with Gasteiger partial charge in [-0.05, 0) is 62.0 Å². The van der Waals surface area contributed by atoms with Gasteiger partial charge in [0.1, 0.15) is 12.1 Å². The summed E-state index contributed by atoms with van der Waals surface area (Å²) in [5.41, 5.74) is -1.18. The molecule has 0 saturated heterocycles. The number of nitrogens with zero attached hydrogens (tertiary/aromatic N) is 5. The highest BCUT2D eigenvalue weighted by atomic mass is 35.5. The van der Waals surface area contributed by atoms with Gasteiger partial charge in [-0.1, -0.05) is 0 Å². The van der Waals surface area contributed by atoms with Crippen molar-refractivity contribution >= 4 is 23.2 Å². The Bertz CT molecular complexity index is 1330. The number of rotatable bonds is 5. The lowest BCUT2D eigenvalue weighted by molar-refractivity contribution is -0.150. The zero-order valence-electron chi connectivity index (χ0n) is 18.4. The van der Waals surface area contributed by atoms with Crippen molar-refractivity contribution in [1.82, 2.24) is 24.5 Å². The molecule has 184 valence electrons. The van der Waals surface area contributed by atoms with Crippen LogP contribution in [0.3, 0.4) is 0 Å². The van der Waals surface area contributed by atoms with Crippen LogP contribution >= 0.6 is 11.6 Å². The predicted molar refractivity (Wildman–Crippen MR) is 116 cm³/mol. The fraction of sp³-hybridized carbons (Fsp3) is 0.478. The molecule has 4 bridgehead atoms. The smallest absolute Gasteiger partial charge is 0.242 e. The maximum atomic E-state index is 14.0. The van der Waals surface area contributed by atoms with E-state index < -0.39 is 40.8 Å². The summed E-state index contributed by atoms with van der Waals surface area (Å²) >= 11 is 5.98. The fourth-order valence-corrected chi connectivity index (χ4v) is 7.03. The van der Waals surface area contributed by atoms with E-state index in [-0.39, 0.29) is 16.7 Å². The quantitative estimate of drug-likeness (QED) is 0.309. The van der Waals surface area contributed by atoms with Gasteiger partial charge in [0.25, 0.3) is 0 Å². The van der Waals surface area contributed by atoms with Gasteiger partial charge in [0.15, 0.2) is 17.5 Å². The SMILES string of the molecule is O=C(Nc1cnn(Cc2c(F)cc(F)c(F)c2F)c1)C12CC3CC(C1)CC(n1cnc(Cl)n1)(C3)C2. The van der Waals surface area contributed by atoms with Gasteiger partial charge in [-0.3, -0.25) is 9.48 Å². The summed E-state index contributed by atoms with van der Waals surface area (Å²) < 4.78 is 57.8. The Morgan fingerprint density at radius 1 is 1.11 bits per heavy atom. The van der Waals surface area contributed by atoms with Gasteiger partial charge >= 0.3 is 0 Å². The molecular formula is C23H21ClF4N6O. The van der Waals surface area contributed by atoms with E-state index >= 15 is 0 Å².